The Hall–Kier alpha value is -1.68. The Morgan fingerprint density at radius 1 is 1.17 bits per heavy atom. The smallest absolute Gasteiger partial charge is 0.191 e. The van der Waals surface area contributed by atoms with Crippen molar-refractivity contribution in [2.75, 3.05) is 26.2 Å². The fourth-order valence-corrected chi connectivity index (χ4v) is 3.02. The first-order valence-corrected chi connectivity index (χ1v) is 10.1. The van der Waals surface area contributed by atoms with Gasteiger partial charge in [0, 0.05) is 38.9 Å². The summed E-state index contributed by atoms with van der Waals surface area (Å²) in [6.45, 7) is 6.62. The van der Waals surface area contributed by atoms with Crippen LogP contribution in [0.2, 0.25) is 0 Å². The second kappa shape index (κ2) is 14.3. The lowest BCUT2D eigenvalue weighted by Gasteiger charge is -2.15. The highest BCUT2D eigenvalue weighted by atomic mass is 127. The van der Waals surface area contributed by atoms with E-state index in [9.17, 15) is 9.50 Å². The second-order valence-electron chi connectivity index (χ2n) is 6.79. The minimum absolute atomic E-state index is 0. The van der Waals surface area contributed by atoms with E-state index >= 15 is 0 Å². The minimum Gasteiger partial charge on any atom is -0.396 e. The second-order valence-corrected chi connectivity index (χ2v) is 6.79. The number of aliphatic hydroxyl groups excluding tert-OH is 1. The van der Waals surface area contributed by atoms with E-state index in [1.807, 2.05) is 19.2 Å². The highest BCUT2D eigenvalue weighted by molar-refractivity contribution is 14.0. The molecule has 1 heterocycles. The number of hydrogen-bond donors (Lipinski definition) is 3. The average Bonchev–Trinajstić information content (AvgIpc) is 3.15. The van der Waals surface area contributed by atoms with Crippen molar-refractivity contribution in [2.24, 2.45) is 10.9 Å². The summed E-state index contributed by atoms with van der Waals surface area (Å²) in [6, 6.07) is 8.24. The van der Waals surface area contributed by atoms with Crippen molar-refractivity contribution < 1.29 is 9.50 Å². The van der Waals surface area contributed by atoms with Gasteiger partial charge >= 0.3 is 0 Å². The zero-order chi connectivity index (χ0) is 20.2. The molecule has 162 valence electrons. The van der Waals surface area contributed by atoms with E-state index in [1.165, 1.54) is 12.1 Å². The Morgan fingerprint density at radius 3 is 2.59 bits per heavy atom. The molecule has 0 fully saturated rings. The van der Waals surface area contributed by atoms with Crippen LogP contribution >= 0.6 is 24.0 Å². The van der Waals surface area contributed by atoms with Crippen LogP contribution in [0.4, 0.5) is 4.39 Å². The maximum absolute atomic E-state index is 13.0. The maximum Gasteiger partial charge on any atom is 0.191 e. The molecule has 0 radical (unpaired) electrons. The molecular weight excluding hydrogens is 484 g/mol. The van der Waals surface area contributed by atoms with Gasteiger partial charge in [0.1, 0.15) is 5.82 Å². The van der Waals surface area contributed by atoms with E-state index in [-0.39, 0.29) is 36.4 Å². The van der Waals surface area contributed by atoms with Crippen LogP contribution in [0.5, 0.6) is 0 Å². The predicted molar refractivity (Wildman–Crippen MR) is 127 cm³/mol. The monoisotopic (exact) mass is 517 g/mol. The maximum atomic E-state index is 13.0. The topological polar surface area (TPSA) is 74.5 Å². The standard InChI is InChI=1S/C21H32FN5O.HI/c1-3-5-17(12-15-28)16-25-21(23-4-2)24-13-10-19-11-14-27(26-19)20-8-6-18(22)7-9-20;/h6-9,11,14,17,28H,3-5,10,12-13,15-16H2,1-2H3,(H2,23,24,25);1H. The van der Waals surface area contributed by atoms with Gasteiger partial charge in [0.05, 0.1) is 11.4 Å². The first-order valence-electron chi connectivity index (χ1n) is 10.1. The number of benzene rings is 1. The molecule has 0 saturated carbocycles. The van der Waals surface area contributed by atoms with E-state index in [4.69, 9.17) is 0 Å². The van der Waals surface area contributed by atoms with Gasteiger partial charge in [0.15, 0.2) is 5.96 Å². The van der Waals surface area contributed by atoms with Crippen LogP contribution in [0.25, 0.3) is 5.69 Å². The molecule has 29 heavy (non-hydrogen) atoms. The van der Waals surface area contributed by atoms with Gasteiger partial charge in [-0.25, -0.2) is 9.07 Å². The molecule has 3 N–H and O–H groups in total. The molecule has 1 atom stereocenters. The van der Waals surface area contributed by atoms with Crippen molar-refractivity contribution in [3.05, 3.63) is 48.0 Å². The van der Waals surface area contributed by atoms with Crippen molar-refractivity contribution >= 4 is 29.9 Å². The van der Waals surface area contributed by atoms with Crippen LogP contribution in [0.15, 0.2) is 41.5 Å². The SMILES string of the molecule is CCCC(CCO)CN=C(NCC)NCCc1ccn(-c2ccc(F)cc2)n1.I. The van der Waals surface area contributed by atoms with Crippen LogP contribution in [0.1, 0.15) is 38.8 Å². The lowest BCUT2D eigenvalue weighted by Crippen LogP contribution is -2.38. The quantitative estimate of drug-likeness (QED) is 0.242. The molecule has 0 amide bonds. The van der Waals surface area contributed by atoms with E-state index in [1.54, 1.807) is 16.8 Å². The van der Waals surface area contributed by atoms with E-state index < -0.39 is 0 Å². The number of aliphatic hydroxyl groups is 1. The van der Waals surface area contributed by atoms with Crippen molar-refractivity contribution in [1.29, 1.82) is 0 Å². The zero-order valence-corrected chi connectivity index (χ0v) is 19.6. The van der Waals surface area contributed by atoms with Gasteiger partial charge in [-0.3, -0.25) is 4.99 Å². The largest absolute Gasteiger partial charge is 0.396 e. The number of rotatable bonds is 11. The number of halogens is 2. The number of nitrogens with one attached hydrogen (secondary N) is 2. The third-order valence-corrected chi connectivity index (χ3v) is 4.50. The lowest BCUT2D eigenvalue weighted by molar-refractivity contribution is 0.253. The van der Waals surface area contributed by atoms with Crippen molar-refractivity contribution in [2.45, 2.75) is 39.5 Å². The molecule has 0 aliphatic rings. The first-order chi connectivity index (χ1) is 13.7. The van der Waals surface area contributed by atoms with Crippen molar-refractivity contribution in [1.82, 2.24) is 20.4 Å². The zero-order valence-electron chi connectivity index (χ0n) is 17.3. The molecule has 2 aromatic rings. The van der Waals surface area contributed by atoms with Crippen LogP contribution < -0.4 is 10.6 Å². The molecule has 0 aliphatic heterocycles. The van der Waals surface area contributed by atoms with Gasteiger partial charge in [0.2, 0.25) is 0 Å². The summed E-state index contributed by atoms with van der Waals surface area (Å²) in [5.74, 6) is 0.951. The van der Waals surface area contributed by atoms with Crippen LogP contribution in [-0.4, -0.2) is 47.1 Å². The minimum atomic E-state index is -0.254. The van der Waals surface area contributed by atoms with Crippen LogP contribution in [0.3, 0.4) is 0 Å². The normalized spacial score (nSPS) is 12.3. The molecule has 2 rings (SSSR count). The first kappa shape index (κ1) is 25.4. The van der Waals surface area contributed by atoms with Gasteiger partial charge in [-0.15, -0.1) is 24.0 Å². The summed E-state index contributed by atoms with van der Waals surface area (Å²) < 4.78 is 14.8. The molecule has 6 nitrogen and oxygen atoms in total. The van der Waals surface area contributed by atoms with Crippen LogP contribution in [-0.2, 0) is 6.42 Å². The van der Waals surface area contributed by atoms with Gasteiger partial charge < -0.3 is 15.7 Å². The van der Waals surface area contributed by atoms with E-state index in [0.29, 0.717) is 19.0 Å². The third kappa shape index (κ3) is 9.12. The molecule has 1 aromatic carbocycles. The number of aliphatic imine (C=N–C) groups is 1. The molecule has 8 heteroatoms. The third-order valence-electron chi connectivity index (χ3n) is 4.50. The van der Waals surface area contributed by atoms with Gasteiger partial charge in [-0.2, -0.15) is 5.10 Å². The average molecular weight is 517 g/mol. The Kier molecular flexibility index (Phi) is 12.5. The lowest BCUT2D eigenvalue weighted by atomic mass is 10.0. The van der Waals surface area contributed by atoms with Crippen molar-refractivity contribution in [3.63, 3.8) is 0 Å². The molecule has 1 unspecified atom stereocenters. The highest BCUT2D eigenvalue weighted by Crippen LogP contribution is 2.11. The number of aromatic nitrogens is 2. The van der Waals surface area contributed by atoms with Gasteiger partial charge in [-0.05, 0) is 56.0 Å². The Balaban J connectivity index is 0.00000420. The fourth-order valence-electron chi connectivity index (χ4n) is 3.02. The predicted octanol–water partition coefficient (Wildman–Crippen LogP) is 3.53. The summed E-state index contributed by atoms with van der Waals surface area (Å²) in [6.07, 6.45) is 5.60. The van der Waals surface area contributed by atoms with Crippen molar-refractivity contribution in [3.8, 4) is 5.69 Å². The summed E-state index contributed by atoms with van der Waals surface area (Å²) in [5.41, 5.74) is 1.79. The van der Waals surface area contributed by atoms with Crippen LogP contribution in [0, 0.1) is 11.7 Å². The molecular formula is C21H33FIN5O. The Labute approximate surface area is 190 Å². The van der Waals surface area contributed by atoms with E-state index in [0.717, 1.165) is 49.6 Å². The summed E-state index contributed by atoms with van der Waals surface area (Å²) in [4.78, 5) is 4.67. The number of nitrogens with zero attached hydrogens (tertiary/aromatic N) is 3. The van der Waals surface area contributed by atoms with Gasteiger partial charge in [0.25, 0.3) is 0 Å². The summed E-state index contributed by atoms with van der Waals surface area (Å²) in [5, 5.41) is 20.3. The molecule has 0 spiro atoms. The highest BCUT2D eigenvalue weighted by Gasteiger charge is 2.08. The Morgan fingerprint density at radius 2 is 1.93 bits per heavy atom. The van der Waals surface area contributed by atoms with E-state index in [2.05, 4.69) is 27.6 Å². The summed E-state index contributed by atoms with van der Waals surface area (Å²) >= 11 is 0. The molecule has 0 bridgehead atoms. The number of hydrogen-bond acceptors (Lipinski definition) is 3. The summed E-state index contributed by atoms with van der Waals surface area (Å²) in [7, 11) is 0. The molecule has 1 aromatic heterocycles. The van der Waals surface area contributed by atoms with Gasteiger partial charge in [-0.1, -0.05) is 13.3 Å². The number of guanidine groups is 1. The Bertz CT molecular complexity index is 714. The molecule has 0 saturated heterocycles. The molecule has 0 aliphatic carbocycles. The fraction of sp³-hybridized carbons (Fsp3) is 0.524.